The molecule has 0 aliphatic carbocycles. The Labute approximate surface area is 121 Å². The summed E-state index contributed by atoms with van der Waals surface area (Å²) in [4.78, 5) is 0. The van der Waals surface area contributed by atoms with Crippen LogP contribution in [-0.4, -0.2) is 7.11 Å². The Kier molecular flexibility index (Phi) is 5.63. The van der Waals surface area contributed by atoms with Gasteiger partial charge in [-0.25, -0.2) is 0 Å². The average molecular weight is 269 g/mol. The van der Waals surface area contributed by atoms with Gasteiger partial charge in [-0.3, -0.25) is 0 Å². The number of methoxy groups -OCH3 is 1. The predicted molar refractivity (Wildman–Crippen MR) is 84.9 cm³/mol. The van der Waals surface area contributed by atoms with Gasteiger partial charge in [-0.05, 0) is 29.2 Å². The monoisotopic (exact) mass is 269 g/mol. The standard InChI is InChI=1S/C18H23NO/c1-3-8-15-9-6-7-12-18(15)19-13-16-10-4-5-11-17(16)14-20-2/h4-7,9-12,19H,3,8,13-14H2,1-2H3. The van der Waals surface area contributed by atoms with Crippen LogP contribution >= 0.6 is 0 Å². The Morgan fingerprint density at radius 1 is 0.900 bits per heavy atom. The van der Waals surface area contributed by atoms with Gasteiger partial charge in [0.25, 0.3) is 0 Å². The zero-order valence-electron chi connectivity index (χ0n) is 12.4. The molecule has 2 aromatic carbocycles. The van der Waals surface area contributed by atoms with E-state index in [1.165, 1.54) is 28.8 Å². The molecule has 0 aliphatic rings. The lowest BCUT2D eigenvalue weighted by Crippen LogP contribution is -2.05. The maximum atomic E-state index is 5.26. The van der Waals surface area contributed by atoms with Crippen LogP contribution in [0.4, 0.5) is 5.69 Å². The molecule has 0 aromatic heterocycles. The number of ether oxygens (including phenoxy) is 1. The molecule has 0 aliphatic heterocycles. The topological polar surface area (TPSA) is 21.3 Å². The molecule has 1 N–H and O–H groups in total. The summed E-state index contributed by atoms with van der Waals surface area (Å²) >= 11 is 0. The highest BCUT2D eigenvalue weighted by atomic mass is 16.5. The maximum absolute atomic E-state index is 5.26. The van der Waals surface area contributed by atoms with E-state index >= 15 is 0 Å². The van der Waals surface area contributed by atoms with E-state index in [2.05, 4.69) is 60.8 Å². The van der Waals surface area contributed by atoms with E-state index in [0.717, 1.165) is 13.0 Å². The molecular weight excluding hydrogens is 246 g/mol. The molecule has 0 fully saturated rings. The average Bonchev–Trinajstić information content (AvgIpc) is 2.48. The molecule has 0 amide bonds. The Balaban J connectivity index is 2.09. The van der Waals surface area contributed by atoms with E-state index in [-0.39, 0.29) is 0 Å². The highest BCUT2D eigenvalue weighted by Crippen LogP contribution is 2.19. The van der Waals surface area contributed by atoms with Gasteiger partial charge in [-0.2, -0.15) is 0 Å². The fourth-order valence-corrected chi connectivity index (χ4v) is 2.40. The van der Waals surface area contributed by atoms with Crippen molar-refractivity contribution in [3.05, 3.63) is 65.2 Å². The van der Waals surface area contributed by atoms with E-state index in [1.54, 1.807) is 7.11 Å². The van der Waals surface area contributed by atoms with Gasteiger partial charge >= 0.3 is 0 Å². The zero-order chi connectivity index (χ0) is 14.2. The van der Waals surface area contributed by atoms with Crippen molar-refractivity contribution in [2.75, 3.05) is 12.4 Å². The van der Waals surface area contributed by atoms with Crippen molar-refractivity contribution in [3.63, 3.8) is 0 Å². The smallest absolute Gasteiger partial charge is 0.0716 e. The van der Waals surface area contributed by atoms with Crippen molar-refractivity contribution in [3.8, 4) is 0 Å². The molecule has 2 aromatic rings. The molecule has 0 unspecified atom stereocenters. The van der Waals surface area contributed by atoms with Crippen LogP contribution in [0.25, 0.3) is 0 Å². The van der Waals surface area contributed by atoms with Crippen LogP contribution < -0.4 is 5.32 Å². The number of para-hydroxylation sites is 1. The van der Waals surface area contributed by atoms with E-state index in [4.69, 9.17) is 4.74 Å². The van der Waals surface area contributed by atoms with Gasteiger partial charge in [-0.1, -0.05) is 55.8 Å². The van der Waals surface area contributed by atoms with E-state index in [0.29, 0.717) is 6.61 Å². The van der Waals surface area contributed by atoms with Gasteiger partial charge in [0, 0.05) is 19.3 Å². The first-order valence-electron chi connectivity index (χ1n) is 7.22. The maximum Gasteiger partial charge on any atom is 0.0716 e. The Morgan fingerprint density at radius 3 is 2.25 bits per heavy atom. The fraction of sp³-hybridized carbons (Fsp3) is 0.333. The zero-order valence-corrected chi connectivity index (χ0v) is 12.4. The molecule has 0 spiro atoms. The van der Waals surface area contributed by atoms with Crippen molar-refractivity contribution in [1.29, 1.82) is 0 Å². The van der Waals surface area contributed by atoms with Crippen molar-refractivity contribution in [2.45, 2.75) is 32.9 Å². The second-order valence-electron chi connectivity index (χ2n) is 4.96. The van der Waals surface area contributed by atoms with Gasteiger partial charge in [0.15, 0.2) is 0 Å². The second kappa shape index (κ2) is 7.71. The summed E-state index contributed by atoms with van der Waals surface area (Å²) < 4.78 is 5.26. The SMILES string of the molecule is CCCc1ccccc1NCc1ccccc1COC. The minimum atomic E-state index is 0.661. The summed E-state index contributed by atoms with van der Waals surface area (Å²) in [6.45, 7) is 3.71. The number of hydrogen-bond acceptors (Lipinski definition) is 2. The second-order valence-corrected chi connectivity index (χ2v) is 4.96. The third kappa shape index (κ3) is 3.84. The highest BCUT2D eigenvalue weighted by molar-refractivity contribution is 5.51. The lowest BCUT2D eigenvalue weighted by Gasteiger charge is -2.14. The van der Waals surface area contributed by atoms with E-state index in [9.17, 15) is 0 Å². The molecule has 0 bridgehead atoms. The number of nitrogens with one attached hydrogen (secondary N) is 1. The fourth-order valence-electron chi connectivity index (χ4n) is 2.40. The predicted octanol–water partition coefficient (Wildman–Crippen LogP) is 4.40. The minimum absolute atomic E-state index is 0.661. The van der Waals surface area contributed by atoms with Crippen LogP contribution in [0.3, 0.4) is 0 Å². The van der Waals surface area contributed by atoms with Crippen LogP contribution in [0, 0.1) is 0 Å². The van der Waals surface area contributed by atoms with Crippen molar-refractivity contribution < 1.29 is 4.74 Å². The third-order valence-corrected chi connectivity index (χ3v) is 3.42. The van der Waals surface area contributed by atoms with E-state index < -0.39 is 0 Å². The summed E-state index contributed by atoms with van der Waals surface area (Å²) in [5.74, 6) is 0. The minimum Gasteiger partial charge on any atom is -0.381 e. The van der Waals surface area contributed by atoms with Crippen LogP contribution in [0.15, 0.2) is 48.5 Å². The molecule has 0 atom stereocenters. The van der Waals surface area contributed by atoms with Crippen molar-refractivity contribution in [2.24, 2.45) is 0 Å². The first-order valence-corrected chi connectivity index (χ1v) is 7.22. The number of hydrogen-bond donors (Lipinski definition) is 1. The van der Waals surface area contributed by atoms with Crippen LogP contribution in [0.2, 0.25) is 0 Å². The first kappa shape index (κ1) is 14.6. The normalized spacial score (nSPS) is 10.5. The molecule has 0 heterocycles. The Bertz CT molecular complexity index is 487. The summed E-state index contributed by atoms with van der Waals surface area (Å²) in [6.07, 6.45) is 2.28. The summed E-state index contributed by atoms with van der Waals surface area (Å²) in [5.41, 5.74) is 5.16. The molecule has 20 heavy (non-hydrogen) atoms. The molecule has 106 valence electrons. The van der Waals surface area contributed by atoms with Gasteiger partial charge in [0.2, 0.25) is 0 Å². The highest BCUT2D eigenvalue weighted by Gasteiger charge is 2.03. The van der Waals surface area contributed by atoms with Crippen LogP contribution in [-0.2, 0) is 24.3 Å². The lowest BCUT2D eigenvalue weighted by atomic mass is 10.1. The van der Waals surface area contributed by atoms with Crippen LogP contribution in [0.5, 0.6) is 0 Å². The summed E-state index contributed by atoms with van der Waals surface area (Å²) in [5, 5.41) is 3.56. The first-order chi connectivity index (χ1) is 9.85. The summed E-state index contributed by atoms with van der Waals surface area (Å²) in [7, 11) is 1.74. The van der Waals surface area contributed by atoms with Crippen LogP contribution in [0.1, 0.15) is 30.0 Å². The van der Waals surface area contributed by atoms with E-state index in [1.807, 2.05) is 0 Å². The summed E-state index contributed by atoms with van der Waals surface area (Å²) in [6, 6.07) is 17.0. The Morgan fingerprint density at radius 2 is 1.55 bits per heavy atom. The number of benzene rings is 2. The molecule has 2 nitrogen and oxygen atoms in total. The lowest BCUT2D eigenvalue weighted by molar-refractivity contribution is 0.184. The van der Waals surface area contributed by atoms with Crippen molar-refractivity contribution in [1.82, 2.24) is 0 Å². The number of rotatable bonds is 7. The molecule has 2 rings (SSSR count). The van der Waals surface area contributed by atoms with Gasteiger partial charge in [0.05, 0.1) is 6.61 Å². The third-order valence-electron chi connectivity index (χ3n) is 3.42. The van der Waals surface area contributed by atoms with Crippen molar-refractivity contribution >= 4 is 5.69 Å². The van der Waals surface area contributed by atoms with Gasteiger partial charge in [-0.15, -0.1) is 0 Å². The molecule has 2 heteroatoms. The Hall–Kier alpha value is -1.80. The number of aryl methyl sites for hydroxylation is 1. The largest absolute Gasteiger partial charge is 0.381 e. The molecule has 0 saturated heterocycles. The van der Waals surface area contributed by atoms with Gasteiger partial charge < -0.3 is 10.1 Å². The van der Waals surface area contributed by atoms with Gasteiger partial charge in [0.1, 0.15) is 0 Å². The quantitative estimate of drug-likeness (QED) is 0.804. The number of anilines is 1. The molecule has 0 radical (unpaired) electrons. The molecular formula is C18H23NO. The molecule has 0 saturated carbocycles.